The van der Waals surface area contributed by atoms with E-state index in [0.717, 1.165) is 24.6 Å². The van der Waals surface area contributed by atoms with Gasteiger partial charge in [-0.15, -0.1) is 0 Å². The third-order valence-electron chi connectivity index (χ3n) is 4.48. The first-order chi connectivity index (χ1) is 14.5. The van der Waals surface area contributed by atoms with Crippen molar-refractivity contribution in [2.24, 2.45) is 0 Å². The number of para-hydroxylation sites is 1. The number of carbonyl (C=O) groups is 3. The highest BCUT2D eigenvalue weighted by atomic mass is 16.4. The molecule has 0 bridgehead atoms. The summed E-state index contributed by atoms with van der Waals surface area (Å²) in [5.74, 6) is -0.740. The zero-order valence-electron chi connectivity index (χ0n) is 16.6. The Labute approximate surface area is 174 Å². The summed E-state index contributed by atoms with van der Waals surface area (Å²) in [4.78, 5) is 35.7. The summed E-state index contributed by atoms with van der Waals surface area (Å²) in [6.07, 6.45) is 2.34. The van der Waals surface area contributed by atoms with Gasteiger partial charge in [-0.1, -0.05) is 24.6 Å². The number of nitrogens with one attached hydrogen (secondary N) is 3. The summed E-state index contributed by atoms with van der Waals surface area (Å²) < 4.78 is 5.54. The second kappa shape index (κ2) is 12.1. The van der Waals surface area contributed by atoms with Crippen LogP contribution in [0.3, 0.4) is 0 Å². The lowest BCUT2D eigenvalue weighted by molar-refractivity contribution is -0.123. The van der Waals surface area contributed by atoms with Gasteiger partial charge in [0.05, 0.1) is 6.07 Å². The number of carbonyl (C=O) groups excluding carboxylic acids is 2. The molecule has 0 saturated carbocycles. The predicted molar refractivity (Wildman–Crippen MR) is 110 cm³/mol. The Kier molecular flexibility index (Phi) is 9.18. The largest absolute Gasteiger partial charge is 0.465 e. The maximum atomic E-state index is 12.6. The molecular formula is C21H26N4O5. The average Bonchev–Trinajstić information content (AvgIpc) is 3.16. The smallest absolute Gasteiger partial charge is 0.404 e. The van der Waals surface area contributed by atoms with Crippen LogP contribution in [0.25, 0.3) is 11.0 Å². The fourth-order valence-electron chi connectivity index (χ4n) is 2.93. The number of hydrogen-bond acceptors (Lipinski definition) is 5. The highest BCUT2D eigenvalue weighted by molar-refractivity contribution is 5.98. The van der Waals surface area contributed by atoms with Crippen LogP contribution in [0.1, 0.15) is 49.1 Å². The second-order valence-corrected chi connectivity index (χ2v) is 6.81. The van der Waals surface area contributed by atoms with Crippen LogP contribution in [0.4, 0.5) is 4.79 Å². The minimum Gasteiger partial charge on any atom is -0.465 e. The molecule has 0 saturated heterocycles. The van der Waals surface area contributed by atoms with Gasteiger partial charge in [0.2, 0.25) is 5.91 Å². The van der Waals surface area contributed by atoms with Crippen LogP contribution in [-0.4, -0.2) is 42.1 Å². The maximum Gasteiger partial charge on any atom is 0.404 e. The topological polar surface area (TPSA) is 144 Å². The van der Waals surface area contributed by atoms with E-state index in [9.17, 15) is 14.4 Å². The minimum absolute atomic E-state index is 0.106. The van der Waals surface area contributed by atoms with Gasteiger partial charge in [0.1, 0.15) is 11.6 Å². The Morgan fingerprint density at radius 1 is 1.07 bits per heavy atom. The van der Waals surface area contributed by atoms with Crippen molar-refractivity contribution in [3.63, 3.8) is 0 Å². The van der Waals surface area contributed by atoms with Crippen molar-refractivity contribution in [2.75, 3.05) is 13.1 Å². The van der Waals surface area contributed by atoms with Crippen LogP contribution in [0.5, 0.6) is 0 Å². The predicted octanol–water partition coefficient (Wildman–Crippen LogP) is 2.78. The standard InChI is InChI=1S/C21H26N4O5/c22-11-5-1-2-6-12-23-19(26)16(9-7-13-24-21(28)29)25-20(27)18-14-15-8-3-4-10-17(15)30-18/h3-4,8,10,14,16,24H,1-2,5-7,9,12-13H2,(H,23,26)(H,25,27)(H,28,29)/t16-/m0/s1. The van der Waals surface area contributed by atoms with Gasteiger partial charge in [-0.05, 0) is 37.8 Å². The molecule has 2 aromatic rings. The van der Waals surface area contributed by atoms with E-state index < -0.39 is 18.0 Å². The molecule has 0 radical (unpaired) electrons. The Balaban J connectivity index is 1.93. The number of hydrogen-bond donors (Lipinski definition) is 4. The van der Waals surface area contributed by atoms with Gasteiger partial charge in [0.25, 0.3) is 5.91 Å². The molecule has 30 heavy (non-hydrogen) atoms. The molecule has 0 aliphatic carbocycles. The van der Waals surface area contributed by atoms with Crippen LogP contribution in [0.2, 0.25) is 0 Å². The second-order valence-electron chi connectivity index (χ2n) is 6.81. The van der Waals surface area contributed by atoms with E-state index in [1.165, 1.54) is 0 Å². The first-order valence-corrected chi connectivity index (χ1v) is 9.92. The fourth-order valence-corrected chi connectivity index (χ4v) is 2.93. The van der Waals surface area contributed by atoms with E-state index in [4.69, 9.17) is 14.8 Å². The quantitative estimate of drug-likeness (QED) is 0.393. The molecule has 160 valence electrons. The van der Waals surface area contributed by atoms with Gasteiger partial charge in [0.15, 0.2) is 5.76 Å². The SMILES string of the molecule is N#CCCCCCNC(=O)[C@H](CCCNC(=O)O)NC(=O)c1cc2ccccc2o1. The molecule has 1 aromatic heterocycles. The minimum atomic E-state index is -1.14. The third kappa shape index (κ3) is 7.47. The number of amides is 3. The van der Waals surface area contributed by atoms with Crippen LogP contribution in [0.15, 0.2) is 34.7 Å². The van der Waals surface area contributed by atoms with Gasteiger partial charge in [-0.3, -0.25) is 9.59 Å². The number of rotatable bonds is 12. The molecule has 0 fully saturated rings. The van der Waals surface area contributed by atoms with Gasteiger partial charge in [0, 0.05) is 24.9 Å². The zero-order valence-corrected chi connectivity index (χ0v) is 16.6. The first-order valence-electron chi connectivity index (χ1n) is 9.92. The van der Waals surface area contributed by atoms with Gasteiger partial charge in [-0.2, -0.15) is 5.26 Å². The van der Waals surface area contributed by atoms with Crippen LogP contribution in [0, 0.1) is 11.3 Å². The van der Waals surface area contributed by atoms with Crippen molar-refractivity contribution >= 4 is 28.9 Å². The summed E-state index contributed by atoms with van der Waals surface area (Å²) in [5.41, 5.74) is 0.576. The van der Waals surface area contributed by atoms with Crippen LogP contribution < -0.4 is 16.0 Å². The Morgan fingerprint density at radius 3 is 2.57 bits per heavy atom. The molecular weight excluding hydrogens is 388 g/mol. The Hall–Kier alpha value is -3.54. The normalized spacial score (nSPS) is 11.4. The third-order valence-corrected chi connectivity index (χ3v) is 4.48. The average molecular weight is 414 g/mol. The molecule has 0 aliphatic heterocycles. The monoisotopic (exact) mass is 414 g/mol. The molecule has 3 amide bonds. The summed E-state index contributed by atoms with van der Waals surface area (Å²) in [6.45, 7) is 0.614. The fraction of sp³-hybridized carbons (Fsp3) is 0.429. The van der Waals surface area contributed by atoms with Crippen molar-refractivity contribution in [1.82, 2.24) is 16.0 Å². The van der Waals surface area contributed by atoms with Gasteiger partial charge in [-0.25, -0.2) is 4.79 Å². The van der Waals surface area contributed by atoms with Crippen molar-refractivity contribution in [2.45, 2.75) is 44.6 Å². The van der Waals surface area contributed by atoms with Crippen LogP contribution in [-0.2, 0) is 4.79 Å². The molecule has 0 unspecified atom stereocenters. The van der Waals surface area contributed by atoms with E-state index in [-0.39, 0.29) is 24.6 Å². The van der Waals surface area contributed by atoms with Crippen molar-refractivity contribution in [3.8, 4) is 6.07 Å². The number of nitrogens with zero attached hydrogens (tertiary/aromatic N) is 1. The van der Waals surface area contributed by atoms with E-state index in [2.05, 4.69) is 22.0 Å². The summed E-state index contributed by atoms with van der Waals surface area (Å²) in [6, 6.07) is 10.1. The highest BCUT2D eigenvalue weighted by Gasteiger charge is 2.22. The molecule has 0 aliphatic rings. The molecule has 1 aromatic carbocycles. The molecule has 1 atom stereocenters. The summed E-state index contributed by atoms with van der Waals surface area (Å²) in [5, 5.41) is 25.7. The molecule has 4 N–H and O–H groups in total. The van der Waals surface area contributed by atoms with E-state index in [1.807, 2.05) is 12.1 Å². The van der Waals surface area contributed by atoms with E-state index in [1.54, 1.807) is 18.2 Å². The van der Waals surface area contributed by atoms with Crippen LogP contribution >= 0.6 is 0 Å². The van der Waals surface area contributed by atoms with Crippen molar-refractivity contribution in [3.05, 3.63) is 36.1 Å². The lowest BCUT2D eigenvalue weighted by atomic mass is 10.1. The van der Waals surface area contributed by atoms with Crippen molar-refractivity contribution < 1.29 is 23.9 Å². The summed E-state index contributed by atoms with van der Waals surface area (Å²) >= 11 is 0. The van der Waals surface area contributed by atoms with E-state index >= 15 is 0 Å². The molecule has 0 spiro atoms. The lowest BCUT2D eigenvalue weighted by Crippen LogP contribution is -2.47. The maximum absolute atomic E-state index is 12.6. The molecule has 9 nitrogen and oxygen atoms in total. The van der Waals surface area contributed by atoms with Gasteiger partial charge >= 0.3 is 6.09 Å². The number of unbranched alkanes of at least 4 members (excludes halogenated alkanes) is 3. The molecule has 9 heteroatoms. The summed E-state index contributed by atoms with van der Waals surface area (Å²) in [7, 11) is 0. The zero-order chi connectivity index (χ0) is 21.8. The first kappa shape index (κ1) is 22.7. The van der Waals surface area contributed by atoms with Crippen molar-refractivity contribution in [1.29, 1.82) is 5.26 Å². The number of carboxylic acid groups (broad SMARTS) is 1. The lowest BCUT2D eigenvalue weighted by Gasteiger charge is -2.18. The number of benzene rings is 1. The van der Waals surface area contributed by atoms with Gasteiger partial charge < -0.3 is 25.5 Å². The number of furan rings is 1. The Bertz CT molecular complexity index is 869. The highest BCUT2D eigenvalue weighted by Crippen LogP contribution is 2.18. The number of nitriles is 1. The Morgan fingerprint density at radius 2 is 1.83 bits per heavy atom. The molecule has 1 heterocycles. The molecule has 2 rings (SSSR count). The number of fused-ring (bicyclic) bond motifs is 1. The van der Waals surface area contributed by atoms with E-state index in [0.29, 0.717) is 25.0 Å².